The SMILES string of the molecule is COc1ccc(C(=O)c2cc(I)ccc2Br)c(Br)c1. The van der Waals surface area contributed by atoms with Gasteiger partial charge in [0.1, 0.15) is 5.75 Å². The molecule has 5 heteroatoms. The van der Waals surface area contributed by atoms with E-state index >= 15 is 0 Å². The summed E-state index contributed by atoms with van der Waals surface area (Å²) in [5, 5.41) is 0. The van der Waals surface area contributed by atoms with Gasteiger partial charge in [-0.2, -0.15) is 0 Å². The van der Waals surface area contributed by atoms with Crippen LogP contribution in [0.4, 0.5) is 0 Å². The number of carbonyl (C=O) groups is 1. The third-order valence-corrected chi connectivity index (χ3v) is 4.61. The first-order chi connectivity index (χ1) is 9.02. The first-order valence-corrected chi connectivity index (χ1v) is 8.02. The maximum absolute atomic E-state index is 12.5. The molecule has 0 amide bonds. The second kappa shape index (κ2) is 6.37. The number of rotatable bonds is 3. The zero-order valence-corrected chi connectivity index (χ0v) is 15.2. The highest BCUT2D eigenvalue weighted by Gasteiger charge is 2.16. The molecule has 0 fully saturated rings. The highest BCUT2D eigenvalue weighted by Crippen LogP contribution is 2.28. The van der Waals surface area contributed by atoms with Crippen LogP contribution in [0.3, 0.4) is 0 Å². The van der Waals surface area contributed by atoms with E-state index < -0.39 is 0 Å². The highest BCUT2D eigenvalue weighted by molar-refractivity contribution is 14.1. The zero-order chi connectivity index (χ0) is 14.0. The second-order valence-corrected chi connectivity index (χ2v) is 6.75. The van der Waals surface area contributed by atoms with Crippen molar-refractivity contribution in [2.75, 3.05) is 7.11 Å². The van der Waals surface area contributed by atoms with Gasteiger partial charge < -0.3 is 4.74 Å². The lowest BCUT2D eigenvalue weighted by atomic mass is 10.0. The second-order valence-electron chi connectivity index (χ2n) is 3.80. The molecule has 0 unspecified atom stereocenters. The van der Waals surface area contributed by atoms with Crippen molar-refractivity contribution in [3.05, 3.63) is 60.0 Å². The van der Waals surface area contributed by atoms with Gasteiger partial charge in [0.25, 0.3) is 0 Å². The Labute approximate surface area is 141 Å². The summed E-state index contributed by atoms with van der Waals surface area (Å²) in [7, 11) is 1.60. The third kappa shape index (κ3) is 3.38. The Morgan fingerprint density at radius 1 is 1.05 bits per heavy atom. The lowest BCUT2D eigenvalue weighted by Gasteiger charge is -2.08. The van der Waals surface area contributed by atoms with Gasteiger partial charge in [-0.25, -0.2) is 0 Å². The summed E-state index contributed by atoms with van der Waals surface area (Å²) in [6.45, 7) is 0. The molecule has 0 aliphatic carbocycles. The van der Waals surface area contributed by atoms with E-state index in [1.54, 1.807) is 25.3 Å². The van der Waals surface area contributed by atoms with Gasteiger partial charge in [-0.05, 0) is 74.9 Å². The van der Waals surface area contributed by atoms with Crippen LogP contribution in [0.1, 0.15) is 15.9 Å². The predicted octanol–water partition coefficient (Wildman–Crippen LogP) is 5.06. The number of methoxy groups -OCH3 is 1. The molecule has 2 aromatic rings. The molecule has 0 bridgehead atoms. The Balaban J connectivity index is 2.47. The van der Waals surface area contributed by atoms with E-state index in [2.05, 4.69) is 54.5 Å². The van der Waals surface area contributed by atoms with Gasteiger partial charge in [-0.15, -0.1) is 0 Å². The molecular formula is C14H9Br2IO2. The largest absolute Gasteiger partial charge is 0.497 e. The van der Waals surface area contributed by atoms with Crippen molar-refractivity contribution in [2.24, 2.45) is 0 Å². The molecule has 0 spiro atoms. The van der Waals surface area contributed by atoms with Gasteiger partial charge in [0.2, 0.25) is 0 Å². The molecule has 0 heterocycles. The van der Waals surface area contributed by atoms with Gasteiger partial charge in [0.15, 0.2) is 5.78 Å². The fourth-order valence-corrected chi connectivity index (χ4v) is 3.08. The first-order valence-electron chi connectivity index (χ1n) is 5.36. The van der Waals surface area contributed by atoms with Crippen LogP contribution in [0.15, 0.2) is 45.3 Å². The molecule has 0 aliphatic heterocycles. The fourth-order valence-electron chi connectivity index (χ4n) is 1.62. The van der Waals surface area contributed by atoms with Gasteiger partial charge in [-0.1, -0.05) is 15.9 Å². The van der Waals surface area contributed by atoms with E-state index in [1.807, 2.05) is 18.2 Å². The molecule has 0 aromatic heterocycles. The highest BCUT2D eigenvalue weighted by atomic mass is 127. The van der Waals surface area contributed by atoms with Crippen molar-refractivity contribution >= 4 is 60.2 Å². The van der Waals surface area contributed by atoms with E-state index in [0.717, 1.165) is 12.5 Å². The van der Waals surface area contributed by atoms with Crippen molar-refractivity contribution in [3.8, 4) is 5.75 Å². The summed E-state index contributed by atoms with van der Waals surface area (Å²) in [5.74, 6) is 0.685. The minimum absolute atomic E-state index is 0.0279. The number of ketones is 1. The molecule has 2 nitrogen and oxygen atoms in total. The summed E-state index contributed by atoms with van der Waals surface area (Å²) in [6, 6.07) is 11.0. The van der Waals surface area contributed by atoms with Crippen LogP contribution in [-0.4, -0.2) is 12.9 Å². The van der Waals surface area contributed by atoms with Crippen molar-refractivity contribution in [1.29, 1.82) is 0 Å². The van der Waals surface area contributed by atoms with E-state index in [0.29, 0.717) is 16.9 Å². The van der Waals surface area contributed by atoms with E-state index in [1.165, 1.54) is 0 Å². The molecule has 0 N–H and O–H groups in total. The number of ether oxygens (including phenoxy) is 1. The Morgan fingerprint density at radius 3 is 2.42 bits per heavy atom. The van der Waals surface area contributed by atoms with Crippen LogP contribution < -0.4 is 4.74 Å². The zero-order valence-electron chi connectivity index (χ0n) is 9.91. The molecular weight excluding hydrogens is 487 g/mol. The normalized spacial score (nSPS) is 10.3. The fraction of sp³-hybridized carbons (Fsp3) is 0.0714. The summed E-state index contributed by atoms with van der Waals surface area (Å²) in [5.41, 5.74) is 1.27. The molecule has 98 valence electrons. The predicted molar refractivity (Wildman–Crippen MR) is 91.0 cm³/mol. The Kier molecular flexibility index (Phi) is 5.03. The molecule has 0 saturated carbocycles. The van der Waals surface area contributed by atoms with Crippen LogP contribution in [0.25, 0.3) is 0 Å². The number of carbonyl (C=O) groups excluding carboxylic acids is 1. The maximum atomic E-state index is 12.5. The quantitative estimate of drug-likeness (QED) is 0.440. The smallest absolute Gasteiger partial charge is 0.195 e. The van der Waals surface area contributed by atoms with Crippen LogP contribution >= 0.6 is 54.5 Å². The van der Waals surface area contributed by atoms with Crippen LogP contribution in [0.2, 0.25) is 0 Å². The van der Waals surface area contributed by atoms with Gasteiger partial charge in [0, 0.05) is 23.6 Å². The number of halogens is 3. The topological polar surface area (TPSA) is 26.3 Å². The van der Waals surface area contributed by atoms with Crippen molar-refractivity contribution in [3.63, 3.8) is 0 Å². The van der Waals surface area contributed by atoms with Crippen molar-refractivity contribution in [2.45, 2.75) is 0 Å². The van der Waals surface area contributed by atoms with Gasteiger partial charge in [0.05, 0.1) is 7.11 Å². The Morgan fingerprint density at radius 2 is 1.79 bits per heavy atom. The van der Waals surface area contributed by atoms with E-state index in [9.17, 15) is 4.79 Å². The number of hydrogen-bond donors (Lipinski definition) is 0. The molecule has 2 rings (SSSR count). The Bertz CT molecular complexity index is 641. The van der Waals surface area contributed by atoms with Crippen LogP contribution in [0, 0.1) is 3.57 Å². The molecule has 0 atom stereocenters. The lowest BCUT2D eigenvalue weighted by molar-refractivity contribution is 0.103. The molecule has 0 aliphatic rings. The number of benzene rings is 2. The van der Waals surface area contributed by atoms with E-state index in [-0.39, 0.29) is 5.78 Å². The monoisotopic (exact) mass is 494 g/mol. The van der Waals surface area contributed by atoms with Gasteiger partial charge >= 0.3 is 0 Å². The van der Waals surface area contributed by atoms with Crippen LogP contribution in [-0.2, 0) is 0 Å². The summed E-state index contributed by atoms with van der Waals surface area (Å²) >= 11 is 9.02. The molecule has 0 saturated heterocycles. The molecule has 2 aromatic carbocycles. The average Bonchev–Trinajstić information content (AvgIpc) is 2.40. The van der Waals surface area contributed by atoms with Crippen LogP contribution in [0.5, 0.6) is 5.75 Å². The first kappa shape index (κ1) is 15.0. The maximum Gasteiger partial charge on any atom is 0.195 e. The minimum atomic E-state index is -0.0279. The third-order valence-electron chi connectivity index (χ3n) is 2.59. The average molecular weight is 496 g/mol. The summed E-state index contributed by atoms with van der Waals surface area (Å²) < 4.78 is 7.67. The minimum Gasteiger partial charge on any atom is -0.497 e. The summed E-state index contributed by atoms with van der Waals surface area (Å²) in [4.78, 5) is 12.5. The van der Waals surface area contributed by atoms with Crippen molar-refractivity contribution in [1.82, 2.24) is 0 Å². The molecule has 0 radical (unpaired) electrons. The standard InChI is InChI=1S/C14H9Br2IO2/c1-19-9-3-4-10(13(16)7-9)14(18)11-6-8(17)2-5-12(11)15/h2-7H,1H3. The van der Waals surface area contributed by atoms with E-state index in [4.69, 9.17) is 4.74 Å². The lowest BCUT2D eigenvalue weighted by Crippen LogP contribution is -2.04. The van der Waals surface area contributed by atoms with Gasteiger partial charge in [-0.3, -0.25) is 4.79 Å². The van der Waals surface area contributed by atoms with Crippen molar-refractivity contribution < 1.29 is 9.53 Å². The summed E-state index contributed by atoms with van der Waals surface area (Å²) in [6.07, 6.45) is 0. The number of hydrogen-bond acceptors (Lipinski definition) is 2. The Hall–Kier alpha value is -0.400. The molecule has 19 heavy (non-hydrogen) atoms.